The van der Waals surface area contributed by atoms with Crippen molar-refractivity contribution in [3.8, 4) is 0 Å². The molecular weight excluding hydrogens is 336 g/mol. The molecule has 0 radical (unpaired) electrons. The molecule has 0 nitrogen and oxygen atoms in total. The topological polar surface area (TPSA) is 0 Å². The molecule has 28 heavy (non-hydrogen) atoms. The molecule has 0 heterocycles. The van der Waals surface area contributed by atoms with E-state index in [1.54, 1.807) is 22.3 Å². The average Bonchev–Trinajstić information content (AvgIpc) is 2.66. The zero-order valence-electron chi connectivity index (χ0n) is 19.1. The zero-order chi connectivity index (χ0) is 20.4. The number of rotatable bonds is 8. The summed E-state index contributed by atoms with van der Waals surface area (Å²) in [7, 11) is 0. The van der Waals surface area contributed by atoms with Crippen molar-refractivity contribution in [1.29, 1.82) is 0 Å². The standard InChI is InChI=1S/C28H40/c1-7-9-11-17-28(18-12-10-8-2)24-16-14-21(3)19-25(24)27(5,6)23-15-13-22(4)20-26(23)28/h13-16,19-20H,7-12,17-18H2,1-6H3. The fourth-order valence-corrected chi connectivity index (χ4v) is 5.50. The van der Waals surface area contributed by atoms with E-state index in [2.05, 4.69) is 77.9 Å². The van der Waals surface area contributed by atoms with Crippen LogP contribution in [0.5, 0.6) is 0 Å². The monoisotopic (exact) mass is 376 g/mol. The van der Waals surface area contributed by atoms with E-state index in [4.69, 9.17) is 0 Å². The summed E-state index contributed by atoms with van der Waals surface area (Å²) in [6.45, 7) is 14.0. The molecule has 2 aromatic rings. The molecule has 0 bridgehead atoms. The number of hydrogen-bond acceptors (Lipinski definition) is 0. The van der Waals surface area contributed by atoms with Crippen LogP contribution < -0.4 is 0 Å². The van der Waals surface area contributed by atoms with E-state index in [0.717, 1.165) is 0 Å². The second-order valence-corrected chi connectivity index (χ2v) is 9.72. The fourth-order valence-electron chi connectivity index (χ4n) is 5.50. The van der Waals surface area contributed by atoms with Crippen LogP contribution in [0.1, 0.15) is 112 Å². The molecule has 152 valence electrons. The molecule has 0 saturated heterocycles. The normalized spacial score (nSPS) is 16.5. The number of aryl methyl sites for hydroxylation is 2. The Morgan fingerprint density at radius 3 is 1.64 bits per heavy atom. The third-order valence-electron chi connectivity index (χ3n) is 7.14. The van der Waals surface area contributed by atoms with Crippen molar-refractivity contribution in [3.63, 3.8) is 0 Å². The molecule has 0 atom stereocenters. The largest absolute Gasteiger partial charge is 0.0654 e. The molecule has 0 aliphatic heterocycles. The Morgan fingerprint density at radius 2 is 1.11 bits per heavy atom. The van der Waals surface area contributed by atoms with Crippen molar-refractivity contribution in [3.05, 3.63) is 69.8 Å². The molecule has 0 unspecified atom stereocenters. The molecule has 3 rings (SSSR count). The molecule has 0 heteroatoms. The van der Waals surface area contributed by atoms with Crippen LogP contribution in [0.2, 0.25) is 0 Å². The summed E-state index contributed by atoms with van der Waals surface area (Å²) in [5.74, 6) is 0. The molecule has 0 saturated carbocycles. The maximum absolute atomic E-state index is 2.53. The van der Waals surface area contributed by atoms with Gasteiger partial charge in [-0.05, 0) is 48.9 Å². The maximum Gasteiger partial charge on any atom is 0.0209 e. The first-order valence-electron chi connectivity index (χ1n) is 11.6. The summed E-state index contributed by atoms with van der Waals surface area (Å²) < 4.78 is 0. The first-order valence-corrected chi connectivity index (χ1v) is 11.6. The zero-order valence-corrected chi connectivity index (χ0v) is 19.1. The average molecular weight is 377 g/mol. The SMILES string of the molecule is CCCCCC1(CCCCC)c2ccc(C)cc2C(C)(C)c2ccc(C)cc21. The molecule has 0 spiro atoms. The minimum absolute atomic E-state index is 0.0728. The Hall–Kier alpha value is -1.56. The van der Waals surface area contributed by atoms with Crippen LogP contribution in [0.4, 0.5) is 0 Å². The molecule has 0 N–H and O–H groups in total. The van der Waals surface area contributed by atoms with E-state index in [9.17, 15) is 0 Å². The van der Waals surface area contributed by atoms with Crippen molar-refractivity contribution >= 4 is 0 Å². The first kappa shape index (κ1) is 21.2. The molecule has 2 aromatic carbocycles. The van der Waals surface area contributed by atoms with Crippen molar-refractivity contribution in [1.82, 2.24) is 0 Å². The number of fused-ring (bicyclic) bond motifs is 2. The van der Waals surface area contributed by atoms with Gasteiger partial charge < -0.3 is 0 Å². The lowest BCUT2D eigenvalue weighted by atomic mass is 9.55. The van der Waals surface area contributed by atoms with Crippen LogP contribution in [0, 0.1) is 13.8 Å². The summed E-state index contributed by atoms with van der Waals surface area (Å²) in [6.07, 6.45) is 10.5. The van der Waals surface area contributed by atoms with Crippen molar-refractivity contribution in [2.24, 2.45) is 0 Å². The Kier molecular flexibility index (Phi) is 6.37. The fraction of sp³-hybridized carbons (Fsp3) is 0.571. The first-order chi connectivity index (χ1) is 13.4. The minimum Gasteiger partial charge on any atom is -0.0654 e. The highest BCUT2D eigenvalue weighted by molar-refractivity contribution is 5.60. The quantitative estimate of drug-likeness (QED) is 0.406. The van der Waals surface area contributed by atoms with E-state index in [1.165, 1.54) is 62.5 Å². The van der Waals surface area contributed by atoms with E-state index in [-0.39, 0.29) is 10.8 Å². The summed E-state index contributed by atoms with van der Waals surface area (Å²) in [5.41, 5.74) is 9.42. The van der Waals surface area contributed by atoms with Crippen molar-refractivity contribution in [2.75, 3.05) is 0 Å². The predicted molar refractivity (Wildman–Crippen MR) is 124 cm³/mol. The van der Waals surface area contributed by atoms with Gasteiger partial charge in [0.15, 0.2) is 0 Å². The van der Waals surface area contributed by atoms with Crippen LogP contribution in [0.15, 0.2) is 36.4 Å². The number of unbranched alkanes of at least 4 members (excludes halogenated alkanes) is 4. The van der Waals surface area contributed by atoms with Gasteiger partial charge in [0, 0.05) is 10.8 Å². The highest BCUT2D eigenvalue weighted by Gasteiger charge is 2.45. The lowest BCUT2D eigenvalue weighted by Crippen LogP contribution is -2.40. The predicted octanol–water partition coefficient (Wildman–Crippen LogP) is 8.39. The van der Waals surface area contributed by atoms with Gasteiger partial charge >= 0.3 is 0 Å². The van der Waals surface area contributed by atoms with Crippen molar-refractivity contribution < 1.29 is 0 Å². The Bertz CT molecular complexity index is 799. The summed E-state index contributed by atoms with van der Waals surface area (Å²) in [4.78, 5) is 0. The van der Waals surface area contributed by atoms with Crippen LogP contribution in [-0.2, 0) is 10.8 Å². The Labute approximate surface area is 173 Å². The summed E-state index contributed by atoms with van der Waals surface area (Å²) >= 11 is 0. The van der Waals surface area contributed by atoms with Gasteiger partial charge in [-0.3, -0.25) is 0 Å². The van der Waals surface area contributed by atoms with E-state index in [0.29, 0.717) is 0 Å². The lowest BCUT2D eigenvalue weighted by molar-refractivity contribution is 0.369. The van der Waals surface area contributed by atoms with Gasteiger partial charge in [-0.25, -0.2) is 0 Å². The third kappa shape index (κ3) is 3.68. The minimum atomic E-state index is 0.0728. The second kappa shape index (κ2) is 8.44. The van der Waals surface area contributed by atoms with E-state index < -0.39 is 0 Å². The van der Waals surface area contributed by atoms with Crippen LogP contribution >= 0.6 is 0 Å². The van der Waals surface area contributed by atoms with Crippen LogP contribution in [0.3, 0.4) is 0 Å². The Balaban J connectivity index is 2.25. The highest BCUT2D eigenvalue weighted by atomic mass is 14.5. The molecule has 0 aromatic heterocycles. The van der Waals surface area contributed by atoms with Gasteiger partial charge in [-0.15, -0.1) is 0 Å². The van der Waals surface area contributed by atoms with Gasteiger partial charge in [0.25, 0.3) is 0 Å². The molecule has 1 aliphatic carbocycles. The van der Waals surface area contributed by atoms with Crippen molar-refractivity contribution in [2.45, 2.75) is 104 Å². The molecule has 0 fully saturated rings. The van der Waals surface area contributed by atoms with Gasteiger partial charge in [0.1, 0.15) is 0 Å². The summed E-state index contributed by atoms with van der Waals surface area (Å²) in [5, 5.41) is 0. The van der Waals surface area contributed by atoms with Crippen LogP contribution in [0.25, 0.3) is 0 Å². The molecule has 0 amide bonds. The lowest BCUT2D eigenvalue weighted by Gasteiger charge is -2.48. The molecular formula is C28H40. The third-order valence-corrected chi connectivity index (χ3v) is 7.14. The van der Waals surface area contributed by atoms with Gasteiger partial charge in [0.05, 0.1) is 0 Å². The number of hydrogen-bond donors (Lipinski definition) is 0. The van der Waals surface area contributed by atoms with Gasteiger partial charge in [0.2, 0.25) is 0 Å². The molecule has 1 aliphatic rings. The van der Waals surface area contributed by atoms with E-state index >= 15 is 0 Å². The summed E-state index contributed by atoms with van der Waals surface area (Å²) in [6, 6.07) is 14.6. The smallest absolute Gasteiger partial charge is 0.0209 e. The highest BCUT2D eigenvalue weighted by Crippen LogP contribution is 2.54. The second-order valence-electron chi connectivity index (χ2n) is 9.72. The maximum atomic E-state index is 2.53. The Morgan fingerprint density at radius 1 is 0.607 bits per heavy atom. The number of benzene rings is 2. The van der Waals surface area contributed by atoms with Crippen LogP contribution in [-0.4, -0.2) is 0 Å². The van der Waals surface area contributed by atoms with E-state index in [1.807, 2.05) is 0 Å². The van der Waals surface area contributed by atoms with Gasteiger partial charge in [-0.2, -0.15) is 0 Å². The van der Waals surface area contributed by atoms with Gasteiger partial charge in [-0.1, -0.05) is 114 Å².